The van der Waals surface area contributed by atoms with E-state index in [1.807, 2.05) is 27.7 Å². The quantitative estimate of drug-likeness (QED) is 0.511. The highest BCUT2D eigenvalue weighted by atomic mass is 35.5. The topological polar surface area (TPSA) is 118 Å². The summed E-state index contributed by atoms with van der Waals surface area (Å²) >= 11 is 6.36. The monoisotopic (exact) mass is 492 g/mol. The summed E-state index contributed by atoms with van der Waals surface area (Å²) in [5.41, 5.74) is 5.58. The van der Waals surface area contributed by atoms with Crippen LogP contribution in [0.1, 0.15) is 48.5 Å². The Bertz CT molecular complexity index is 1290. The van der Waals surface area contributed by atoms with Crippen molar-refractivity contribution in [2.45, 2.75) is 38.9 Å². The molecule has 35 heavy (non-hydrogen) atoms. The van der Waals surface area contributed by atoms with Crippen molar-refractivity contribution in [1.29, 1.82) is 0 Å². The van der Waals surface area contributed by atoms with Crippen molar-refractivity contribution in [1.82, 2.24) is 9.78 Å². The highest BCUT2D eigenvalue weighted by molar-refractivity contribution is 6.62. The Labute approximate surface area is 209 Å². The van der Waals surface area contributed by atoms with Gasteiger partial charge >= 0.3 is 15.2 Å². The van der Waals surface area contributed by atoms with E-state index in [1.165, 1.54) is 10.7 Å². The van der Waals surface area contributed by atoms with E-state index in [4.69, 9.17) is 39.3 Å². The van der Waals surface area contributed by atoms with E-state index in [-0.39, 0.29) is 22.1 Å². The van der Waals surface area contributed by atoms with Crippen LogP contribution in [0, 0.1) is 0 Å². The van der Waals surface area contributed by atoms with Gasteiger partial charge in [0.25, 0.3) is 11.8 Å². The van der Waals surface area contributed by atoms with Crippen molar-refractivity contribution < 1.29 is 23.6 Å². The summed E-state index contributed by atoms with van der Waals surface area (Å²) in [5.74, 6) is -0.743. The van der Waals surface area contributed by atoms with Gasteiger partial charge in [0.2, 0.25) is 0 Å². The fourth-order valence-corrected chi connectivity index (χ4v) is 3.71. The molecule has 2 radical (unpaired) electrons. The molecular weight excluding hydrogens is 469 g/mol. The predicted molar refractivity (Wildman–Crippen MR) is 134 cm³/mol. The lowest BCUT2D eigenvalue weighted by atomic mass is 9.78. The normalized spacial score (nSPS) is 16.2. The third-order valence-electron chi connectivity index (χ3n) is 6.16. The summed E-state index contributed by atoms with van der Waals surface area (Å²) in [5, 5.41) is 7.16. The highest BCUT2D eigenvalue weighted by Crippen LogP contribution is 2.36. The predicted octanol–water partition coefficient (Wildman–Crippen LogP) is 2.64. The van der Waals surface area contributed by atoms with Crippen LogP contribution in [-0.4, -0.2) is 48.0 Å². The van der Waals surface area contributed by atoms with Gasteiger partial charge in [-0.25, -0.2) is 4.68 Å². The number of nitrogens with two attached hydrogens (primary N) is 1. The molecule has 1 aromatic heterocycles. The van der Waals surface area contributed by atoms with Gasteiger partial charge in [-0.05, 0) is 57.4 Å². The Morgan fingerprint density at radius 2 is 1.80 bits per heavy atom. The van der Waals surface area contributed by atoms with E-state index in [0.29, 0.717) is 16.9 Å². The molecule has 1 saturated heterocycles. The van der Waals surface area contributed by atoms with E-state index in [1.54, 1.807) is 42.5 Å². The number of hydrogen-bond donors (Lipinski definition) is 2. The molecule has 2 aromatic carbocycles. The number of primary amides is 1. The molecule has 0 saturated carbocycles. The Morgan fingerprint density at radius 1 is 1.11 bits per heavy atom. The molecule has 1 fully saturated rings. The van der Waals surface area contributed by atoms with Crippen molar-refractivity contribution in [3.05, 3.63) is 64.8 Å². The summed E-state index contributed by atoms with van der Waals surface area (Å²) in [6.45, 7) is 7.77. The lowest BCUT2D eigenvalue weighted by Gasteiger charge is -2.32. The molecule has 3 N–H and O–H groups in total. The summed E-state index contributed by atoms with van der Waals surface area (Å²) in [6.07, 6.45) is 0. The van der Waals surface area contributed by atoms with E-state index < -0.39 is 30.1 Å². The molecule has 178 valence electrons. The maximum atomic E-state index is 13.3. The Morgan fingerprint density at radius 3 is 2.43 bits per heavy atom. The van der Waals surface area contributed by atoms with Gasteiger partial charge in [0.15, 0.2) is 5.69 Å². The Kier molecular flexibility index (Phi) is 6.44. The minimum atomic E-state index is -0.758. The van der Waals surface area contributed by atoms with Gasteiger partial charge in [-0.1, -0.05) is 23.7 Å². The number of anilines is 1. The second kappa shape index (κ2) is 9.07. The average Bonchev–Trinajstić information content (AvgIpc) is 3.31. The number of rotatable bonds is 6. The molecule has 2 amide bonds. The van der Waals surface area contributed by atoms with E-state index in [0.717, 1.165) is 0 Å². The van der Waals surface area contributed by atoms with Crippen molar-refractivity contribution >= 4 is 49.9 Å². The van der Waals surface area contributed by atoms with Crippen LogP contribution in [0.3, 0.4) is 0 Å². The molecule has 1 aliphatic rings. The Balaban J connectivity index is 1.67. The smallest absolute Gasteiger partial charge is 0.494 e. The summed E-state index contributed by atoms with van der Waals surface area (Å²) in [7, 11) is 4.58. The molecule has 0 atom stereocenters. The van der Waals surface area contributed by atoms with Gasteiger partial charge in [0, 0.05) is 12.1 Å². The zero-order valence-electron chi connectivity index (χ0n) is 19.7. The molecule has 0 unspecified atom stereocenters. The van der Waals surface area contributed by atoms with E-state index in [9.17, 15) is 9.59 Å². The number of nitrogens with zero attached hydrogens (tertiary/aromatic N) is 2. The van der Waals surface area contributed by atoms with Gasteiger partial charge < -0.3 is 25.0 Å². The molecule has 2 heterocycles. The molecule has 0 spiro atoms. The zero-order chi connectivity index (χ0) is 25.5. The lowest BCUT2D eigenvalue weighted by Crippen LogP contribution is -2.41. The molecule has 12 heteroatoms. The van der Waals surface area contributed by atoms with Gasteiger partial charge in [-0.15, -0.1) is 0 Å². The van der Waals surface area contributed by atoms with Crippen LogP contribution in [-0.2, 0) is 9.31 Å². The molecule has 3 aromatic rings. The van der Waals surface area contributed by atoms with Crippen LogP contribution in [0.5, 0.6) is 5.75 Å². The summed E-state index contributed by atoms with van der Waals surface area (Å²) in [4.78, 5) is 25.0. The number of hydrogen-bond acceptors (Lipinski definition) is 6. The van der Waals surface area contributed by atoms with E-state index >= 15 is 0 Å². The van der Waals surface area contributed by atoms with Crippen LogP contribution in [0.4, 0.5) is 5.82 Å². The third kappa shape index (κ3) is 4.80. The first-order valence-electron chi connectivity index (χ1n) is 10.8. The van der Waals surface area contributed by atoms with E-state index in [2.05, 4.69) is 10.4 Å². The zero-order valence-corrected chi connectivity index (χ0v) is 20.4. The van der Waals surface area contributed by atoms with Crippen molar-refractivity contribution in [2.75, 3.05) is 5.32 Å². The number of amides is 2. The molecule has 0 bridgehead atoms. The fourth-order valence-electron chi connectivity index (χ4n) is 3.50. The maximum Gasteiger partial charge on any atom is 0.494 e. The molecule has 0 aliphatic carbocycles. The summed E-state index contributed by atoms with van der Waals surface area (Å²) in [6, 6.07) is 12.9. The average molecular weight is 493 g/mol. The second-order valence-electron chi connectivity index (χ2n) is 9.09. The molecular formula is C23H23B2ClN4O5. The minimum Gasteiger partial charge on any atom is -0.568 e. The Hall–Kier alpha value is -3.27. The van der Waals surface area contributed by atoms with Crippen LogP contribution in [0.15, 0.2) is 48.5 Å². The minimum absolute atomic E-state index is 0.0450. The number of benzene rings is 2. The van der Waals surface area contributed by atoms with Crippen LogP contribution in [0.2, 0.25) is 5.02 Å². The van der Waals surface area contributed by atoms with Gasteiger partial charge in [0.05, 0.1) is 33.2 Å². The van der Waals surface area contributed by atoms with Crippen LogP contribution in [0.25, 0.3) is 5.69 Å². The highest BCUT2D eigenvalue weighted by Gasteiger charge is 2.51. The van der Waals surface area contributed by atoms with Gasteiger partial charge in [-0.2, -0.15) is 5.10 Å². The maximum absolute atomic E-state index is 13.3. The largest absolute Gasteiger partial charge is 0.568 e. The van der Waals surface area contributed by atoms with Crippen molar-refractivity contribution in [2.24, 2.45) is 5.73 Å². The van der Waals surface area contributed by atoms with Crippen LogP contribution < -0.4 is 21.2 Å². The number of halogens is 1. The molecule has 1 aliphatic heterocycles. The van der Waals surface area contributed by atoms with Crippen molar-refractivity contribution in [3.8, 4) is 11.4 Å². The van der Waals surface area contributed by atoms with Gasteiger partial charge in [0.1, 0.15) is 5.82 Å². The van der Waals surface area contributed by atoms with Crippen molar-refractivity contribution in [3.63, 3.8) is 0 Å². The number of carbonyl (C=O) groups is 2. The standard InChI is InChI=1S/C23H23B2ClN4O5/c1-22(2)23(3,4)35-25(34-22)13-8-9-17(26)16(10-13)21(32)28-19-12-18(20(27)31)29-30(19)14-6-5-7-15(11-14)33-24/h5-12H,1-4H3,(H2,27,31)(H,28,32). The number of nitrogens with one attached hydrogen (secondary N) is 1. The fraction of sp³-hybridized carbons (Fsp3) is 0.261. The first-order chi connectivity index (χ1) is 16.4. The summed E-state index contributed by atoms with van der Waals surface area (Å²) < 4.78 is 18.3. The molecule has 4 rings (SSSR count). The SMILES string of the molecule is [B]Oc1cccc(-n2nc(C(N)=O)cc2NC(=O)c2cc(B3OC(C)(C)C(C)(C)O3)ccc2Cl)c1. The number of carbonyl (C=O) groups excluding carboxylic acids is 2. The lowest BCUT2D eigenvalue weighted by molar-refractivity contribution is 0.00578. The first kappa shape index (κ1) is 24.8. The molecule has 9 nitrogen and oxygen atoms in total. The first-order valence-corrected chi connectivity index (χ1v) is 11.1. The van der Waals surface area contributed by atoms with Crippen LogP contribution >= 0.6 is 11.6 Å². The van der Waals surface area contributed by atoms with Gasteiger partial charge in [-0.3, -0.25) is 9.59 Å². The second-order valence-corrected chi connectivity index (χ2v) is 9.49. The number of aromatic nitrogens is 2. The third-order valence-corrected chi connectivity index (χ3v) is 6.49.